The summed E-state index contributed by atoms with van der Waals surface area (Å²) >= 11 is 9.26. The zero-order chi connectivity index (χ0) is 12.3. The molecule has 90 valence electrons. The van der Waals surface area contributed by atoms with Crippen LogP contribution in [-0.2, 0) is 6.54 Å². The highest BCUT2D eigenvalue weighted by molar-refractivity contribution is 9.10. The first kappa shape index (κ1) is 12.7. The molecule has 17 heavy (non-hydrogen) atoms. The lowest BCUT2D eigenvalue weighted by Gasteiger charge is -2.14. The summed E-state index contributed by atoms with van der Waals surface area (Å²) in [4.78, 5) is 0. The van der Waals surface area contributed by atoms with Gasteiger partial charge in [-0.05, 0) is 42.3 Å². The number of hydrogen-bond donors (Lipinski definition) is 1. The van der Waals surface area contributed by atoms with Gasteiger partial charge in [0.25, 0.3) is 0 Å². The molecular formula is C13H13BrClNO. The van der Waals surface area contributed by atoms with Gasteiger partial charge in [-0.1, -0.05) is 34.1 Å². The lowest BCUT2D eigenvalue weighted by molar-refractivity contribution is 0.461. The Morgan fingerprint density at radius 2 is 2.06 bits per heavy atom. The number of hydrogen-bond acceptors (Lipinski definition) is 2. The Morgan fingerprint density at radius 3 is 2.71 bits per heavy atom. The van der Waals surface area contributed by atoms with Crippen molar-refractivity contribution < 1.29 is 4.42 Å². The second-order valence-corrected chi connectivity index (χ2v) is 5.06. The Kier molecular flexibility index (Phi) is 4.26. The number of halogens is 2. The van der Waals surface area contributed by atoms with E-state index in [-0.39, 0.29) is 6.04 Å². The molecule has 1 aromatic heterocycles. The highest BCUT2D eigenvalue weighted by Crippen LogP contribution is 2.23. The van der Waals surface area contributed by atoms with Crippen LogP contribution in [0.4, 0.5) is 0 Å². The highest BCUT2D eigenvalue weighted by Gasteiger charge is 2.09. The summed E-state index contributed by atoms with van der Waals surface area (Å²) in [6.45, 7) is 2.78. The fraction of sp³-hybridized carbons (Fsp3) is 0.231. The van der Waals surface area contributed by atoms with E-state index >= 15 is 0 Å². The van der Waals surface area contributed by atoms with Gasteiger partial charge in [0.15, 0.2) is 5.22 Å². The van der Waals surface area contributed by atoms with Crippen molar-refractivity contribution in [1.82, 2.24) is 5.32 Å². The van der Waals surface area contributed by atoms with Crippen LogP contribution in [0.1, 0.15) is 24.3 Å². The minimum absolute atomic E-state index is 0.245. The molecule has 0 amide bonds. The van der Waals surface area contributed by atoms with E-state index in [1.165, 1.54) is 5.56 Å². The maximum atomic E-state index is 5.72. The zero-order valence-corrected chi connectivity index (χ0v) is 11.8. The lowest BCUT2D eigenvalue weighted by Crippen LogP contribution is -2.18. The van der Waals surface area contributed by atoms with Gasteiger partial charge in [-0.3, -0.25) is 0 Å². The summed E-state index contributed by atoms with van der Waals surface area (Å²) < 4.78 is 6.40. The molecule has 4 heteroatoms. The van der Waals surface area contributed by atoms with Crippen LogP contribution in [0, 0.1) is 0 Å². The fourth-order valence-corrected chi connectivity index (χ4v) is 2.43. The standard InChI is InChI=1S/C13H13BrClNO/c1-9(11-4-2-3-5-12(11)14)16-8-10-6-7-13(15)17-10/h2-7,9,16H,8H2,1H3/t9-/m1/s1. The number of benzene rings is 1. The molecule has 0 aliphatic carbocycles. The molecule has 2 rings (SSSR count). The van der Waals surface area contributed by atoms with Crippen molar-refractivity contribution in [1.29, 1.82) is 0 Å². The van der Waals surface area contributed by atoms with Crippen LogP contribution in [0.5, 0.6) is 0 Å². The SMILES string of the molecule is C[C@@H](NCc1ccc(Cl)o1)c1ccccc1Br. The molecule has 0 aliphatic heterocycles. The van der Waals surface area contributed by atoms with Crippen LogP contribution in [0.3, 0.4) is 0 Å². The summed E-state index contributed by atoms with van der Waals surface area (Å²) in [6.07, 6.45) is 0. The van der Waals surface area contributed by atoms with E-state index in [1.807, 2.05) is 24.3 Å². The van der Waals surface area contributed by atoms with E-state index < -0.39 is 0 Å². The third kappa shape index (κ3) is 3.35. The van der Waals surface area contributed by atoms with Crippen molar-refractivity contribution in [2.75, 3.05) is 0 Å². The van der Waals surface area contributed by atoms with Gasteiger partial charge in [0.1, 0.15) is 5.76 Å². The van der Waals surface area contributed by atoms with E-state index in [0.717, 1.165) is 10.2 Å². The molecule has 0 fully saturated rings. The van der Waals surface area contributed by atoms with Crippen LogP contribution >= 0.6 is 27.5 Å². The quantitative estimate of drug-likeness (QED) is 0.896. The average Bonchev–Trinajstić information content (AvgIpc) is 2.73. The molecule has 2 aromatic rings. The van der Waals surface area contributed by atoms with E-state index in [9.17, 15) is 0 Å². The Balaban J connectivity index is 1.98. The Hall–Kier alpha value is -0.770. The minimum Gasteiger partial charge on any atom is -0.448 e. The zero-order valence-electron chi connectivity index (χ0n) is 9.41. The van der Waals surface area contributed by atoms with Gasteiger partial charge in [-0.2, -0.15) is 0 Å². The Labute approximate surface area is 114 Å². The van der Waals surface area contributed by atoms with E-state index in [4.69, 9.17) is 16.0 Å². The lowest BCUT2D eigenvalue weighted by atomic mass is 10.1. The fourth-order valence-electron chi connectivity index (χ4n) is 1.64. The second-order valence-electron chi connectivity index (χ2n) is 3.83. The number of nitrogens with one attached hydrogen (secondary N) is 1. The molecule has 0 bridgehead atoms. The maximum absolute atomic E-state index is 5.72. The van der Waals surface area contributed by atoms with Crippen LogP contribution in [-0.4, -0.2) is 0 Å². The van der Waals surface area contributed by atoms with Gasteiger partial charge in [-0.15, -0.1) is 0 Å². The third-order valence-corrected chi connectivity index (χ3v) is 3.51. The molecule has 2 nitrogen and oxygen atoms in total. The molecule has 1 N–H and O–H groups in total. The van der Waals surface area contributed by atoms with Crippen LogP contribution in [0.25, 0.3) is 0 Å². The molecular weight excluding hydrogens is 302 g/mol. The number of rotatable bonds is 4. The smallest absolute Gasteiger partial charge is 0.193 e. The molecule has 0 saturated carbocycles. The first-order valence-corrected chi connectivity index (χ1v) is 6.56. The molecule has 0 saturated heterocycles. The maximum Gasteiger partial charge on any atom is 0.193 e. The third-order valence-electron chi connectivity index (χ3n) is 2.58. The highest BCUT2D eigenvalue weighted by atomic mass is 79.9. The Morgan fingerprint density at radius 1 is 1.29 bits per heavy atom. The molecule has 0 spiro atoms. The number of furan rings is 1. The van der Waals surface area contributed by atoms with Crippen molar-refractivity contribution in [3.05, 3.63) is 57.4 Å². The molecule has 0 aliphatic rings. The van der Waals surface area contributed by atoms with Gasteiger partial charge in [0.05, 0.1) is 6.54 Å². The van der Waals surface area contributed by atoms with Crippen molar-refractivity contribution in [2.24, 2.45) is 0 Å². The predicted molar refractivity (Wildman–Crippen MR) is 73.1 cm³/mol. The largest absolute Gasteiger partial charge is 0.448 e. The van der Waals surface area contributed by atoms with Gasteiger partial charge in [0, 0.05) is 10.5 Å². The average molecular weight is 315 g/mol. The Bertz CT molecular complexity index is 498. The van der Waals surface area contributed by atoms with Gasteiger partial charge < -0.3 is 9.73 Å². The predicted octanol–water partition coefficient (Wildman–Crippen LogP) is 4.55. The van der Waals surface area contributed by atoms with E-state index in [2.05, 4.69) is 34.2 Å². The van der Waals surface area contributed by atoms with Crippen molar-refractivity contribution in [3.63, 3.8) is 0 Å². The van der Waals surface area contributed by atoms with Crippen molar-refractivity contribution in [2.45, 2.75) is 19.5 Å². The molecule has 1 aromatic carbocycles. The molecule has 0 radical (unpaired) electrons. The first-order chi connectivity index (χ1) is 8.16. The van der Waals surface area contributed by atoms with Crippen LogP contribution in [0.15, 0.2) is 45.3 Å². The van der Waals surface area contributed by atoms with Crippen molar-refractivity contribution >= 4 is 27.5 Å². The van der Waals surface area contributed by atoms with E-state index in [1.54, 1.807) is 6.07 Å². The summed E-state index contributed by atoms with van der Waals surface area (Å²) in [5.41, 5.74) is 1.23. The van der Waals surface area contributed by atoms with Gasteiger partial charge in [-0.25, -0.2) is 0 Å². The molecule has 1 heterocycles. The molecule has 1 atom stereocenters. The first-order valence-electron chi connectivity index (χ1n) is 5.39. The van der Waals surface area contributed by atoms with E-state index in [0.29, 0.717) is 11.8 Å². The summed E-state index contributed by atoms with van der Waals surface area (Å²) in [7, 11) is 0. The minimum atomic E-state index is 0.245. The van der Waals surface area contributed by atoms with Gasteiger partial charge >= 0.3 is 0 Å². The summed E-state index contributed by atoms with van der Waals surface area (Å²) in [5, 5.41) is 3.81. The van der Waals surface area contributed by atoms with Gasteiger partial charge in [0.2, 0.25) is 0 Å². The van der Waals surface area contributed by atoms with Crippen molar-refractivity contribution in [3.8, 4) is 0 Å². The molecule has 0 unspecified atom stereocenters. The van der Waals surface area contributed by atoms with Crippen LogP contribution < -0.4 is 5.32 Å². The summed E-state index contributed by atoms with van der Waals surface area (Å²) in [5.74, 6) is 0.842. The monoisotopic (exact) mass is 313 g/mol. The second kappa shape index (κ2) is 5.71. The van der Waals surface area contributed by atoms with Crippen LogP contribution in [0.2, 0.25) is 5.22 Å². The normalized spacial score (nSPS) is 12.6. The summed E-state index contributed by atoms with van der Waals surface area (Å²) in [6, 6.07) is 12.0. The topological polar surface area (TPSA) is 25.2 Å².